The molecule has 0 aromatic rings. The Hall–Kier alpha value is -0.620. The third-order valence-corrected chi connectivity index (χ3v) is 5.18. The van der Waals surface area contributed by atoms with Crippen LogP contribution in [0.4, 0.5) is 0 Å². The van der Waals surface area contributed by atoms with Crippen LogP contribution in [0, 0.1) is 0 Å². The van der Waals surface area contributed by atoms with Crippen molar-refractivity contribution in [3.05, 3.63) is 0 Å². The van der Waals surface area contributed by atoms with Gasteiger partial charge in [-0.05, 0) is 32.6 Å². The number of hydrogen-bond acceptors (Lipinski definition) is 4. The zero-order valence-corrected chi connectivity index (χ0v) is 12.6. The highest BCUT2D eigenvalue weighted by Gasteiger charge is 2.36. The Morgan fingerprint density at radius 1 is 1.26 bits per heavy atom. The fourth-order valence-electron chi connectivity index (χ4n) is 3.34. The lowest BCUT2D eigenvalue weighted by Crippen LogP contribution is -2.50. The van der Waals surface area contributed by atoms with Gasteiger partial charge in [0.2, 0.25) is 5.91 Å². The number of nitrogens with one attached hydrogen (secondary N) is 1. The molecule has 2 saturated heterocycles. The summed E-state index contributed by atoms with van der Waals surface area (Å²) in [6.07, 6.45) is 5.73. The number of carbonyl (C=O) groups excluding carboxylic acids is 1. The van der Waals surface area contributed by atoms with Crippen molar-refractivity contribution in [2.45, 2.75) is 57.2 Å². The third kappa shape index (κ3) is 3.92. The van der Waals surface area contributed by atoms with E-state index in [0.29, 0.717) is 18.6 Å². The van der Waals surface area contributed by atoms with Gasteiger partial charge >= 0.3 is 0 Å². The van der Waals surface area contributed by atoms with Crippen molar-refractivity contribution in [2.24, 2.45) is 0 Å². The summed E-state index contributed by atoms with van der Waals surface area (Å²) in [7, 11) is -3.06. The predicted octanol–water partition coefficient (Wildman–Crippen LogP) is 0.553. The third-order valence-electron chi connectivity index (χ3n) is 4.24. The van der Waals surface area contributed by atoms with Crippen LogP contribution in [-0.4, -0.2) is 55.9 Å². The van der Waals surface area contributed by atoms with E-state index in [4.69, 9.17) is 0 Å². The first-order chi connectivity index (χ1) is 8.89. The minimum atomic E-state index is -3.06. The van der Waals surface area contributed by atoms with E-state index in [0.717, 1.165) is 12.8 Å². The van der Waals surface area contributed by atoms with E-state index < -0.39 is 9.84 Å². The molecule has 2 aliphatic heterocycles. The number of carbonyl (C=O) groups is 1. The number of nitrogens with zero attached hydrogens (tertiary/aromatic N) is 1. The van der Waals surface area contributed by atoms with Gasteiger partial charge in [-0.3, -0.25) is 4.79 Å². The summed E-state index contributed by atoms with van der Waals surface area (Å²) < 4.78 is 22.3. The summed E-state index contributed by atoms with van der Waals surface area (Å²) in [5.41, 5.74) is 0. The van der Waals surface area contributed by atoms with Crippen molar-refractivity contribution < 1.29 is 13.2 Å². The average molecular weight is 288 g/mol. The molecule has 2 atom stereocenters. The molecule has 2 aliphatic rings. The first-order valence-electron chi connectivity index (χ1n) is 7.12. The van der Waals surface area contributed by atoms with Gasteiger partial charge in [0.25, 0.3) is 0 Å². The molecule has 2 unspecified atom stereocenters. The average Bonchev–Trinajstić information content (AvgIpc) is 2.66. The van der Waals surface area contributed by atoms with Gasteiger partial charge in [0, 0.05) is 37.3 Å². The van der Waals surface area contributed by atoms with Crippen LogP contribution in [-0.2, 0) is 14.6 Å². The minimum Gasteiger partial charge on any atom is -0.340 e. The Morgan fingerprint density at radius 2 is 1.84 bits per heavy atom. The van der Waals surface area contributed by atoms with Crippen LogP contribution in [0.1, 0.15) is 39.0 Å². The van der Waals surface area contributed by atoms with Crippen LogP contribution in [0.2, 0.25) is 0 Å². The number of piperidine rings is 1. The zero-order chi connectivity index (χ0) is 14.0. The van der Waals surface area contributed by atoms with Crippen molar-refractivity contribution in [1.82, 2.24) is 10.2 Å². The Morgan fingerprint density at radius 3 is 2.32 bits per heavy atom. The minimum absolute atomic E-state index is 0.0146. The van der Waals surface area contributed by atoms with Gasteiger partial charge in [-0.15, -0.1) is 0 Å². The molecule has 0 radical (unpaired) electrons. The van der Waals surface area contributed by atoms with E-state index >= 15 is 0 Å². The smallest absolute Gasteiger partial charge is 0.223 e. The van der Waals surface area contributed by atoms with E-state index in [2.05, 4.69) is 5.32 Å². The van der Waals surface area contributed by atoms with Crippen molar-refractivity contribution >= 4 is 15.7 Å². The maximum absolute atomic E-state index is 12.2. The maximum atomic E-state index is 12.2. The molecule has 110 valence electrons. The summed E-state index contributed by atoms with van der Waals surface area (Å²) in [4.78, 5) is 14.1. The van der Waals surface area contributed by atoms with E-state index in [1.807, 2.05) is 11.8 Å². The highest BCUT2D eigenvalue weighted by atomic mass is 32.2. The van der Waals surface area contributed by atoms with Gasteiger partial charge in [0.05, 0.1) is 5.75 Å². The molecule has 0 spiro atoms. The molecule has 5 nitrogen and oxygen atoms in total. The SMILES string of the molecule is CCN(C(=O)CCS(C)(=O)=O)C1CC2CCC(C1)N2. The summed E-state index contributed by atoms with van der Waals surface area (Å²) in [5, 5.41) is 3.56. The number of fused-ring (bicyclic) bond motifs is 2. The van der Waals surface area contributed by atoms with Gasteiger partial charge in [-0.1, -0.05) is 0 Å². The zero-order valence-electron chi connectivity index (χ0n) is 11.8. The number of rotatable bonds is 5. The lowest BCUT2D eigenvalue weighted by atomic mass is 9.98. The first-order valence-corrected chi connectivity index (χ1v) is 9.18. The maximum Gasteiger partial charge on any atom is 0.223 e. The second-order valence-corrected chi connectivity index (χ2v) is 8.08. The molecule has 0 aromatic carbocycles. The van der Waals surface area contributed by atoms with Crippen LogP contribution < -0.4 is 5.32 Å². The summed E-state index contributed by atoms with van der Waals surface area (Å²) in [6, 6.07) is 1.37. The van der Waals surface area contributed by atoms with Gasteiger partial charge in [-0.25, -0.2) is 8.42 Å². The highest BCUT2D eigenvalue weighted by Crippen LogP contribution is 2.29. The normalized spacial score (nSPS) is 30.3. The molecule has 1 amide bonds. The first kappa shape index (κ1) is 14.8. The molecule has 0 aromatic heterocycles. The second-order valence-electron chi connectivity index (χ2n) is 5.82. The Balaban J connectivity index is 1.93. The molecular formula is C13H24N2O3S. The molecule has 0 aliphatic carbocycles. The van der Waals surface area contributed by atoms with Crippen molar-refractivity contribution in [3.8, 4) is 0 Å². The molecule has 6 heteroatoms. The fraction of sp³-hybridized carbons (Fsp3) is 0.923. The molecule has 2 bridgehead atoms. The lowest BCUT2D eigenvalue weighted by molar-refractivity contribution is -0.133. The van der Waals surface area contributed by atoms with Crippen molar-refractivity contribution in [2.75, 3.05) is 18.6 Å². The van der Waals surface area contributed by atoms with E-state index in [1.165, 1.54) is 19.1 Å². The van der Waals surface area contributed by atoms with Crippen LogP contribution in [0.15, 0.2) is 0 Å². The highest BCUT2D eigenvalue weighted by molar-refractivity contribution is 7.90. The van der Waals surface area contributed by atoms with Gasteiger partial charge in [-0.2, -0.15) is 0 Å². The molecule has 19 heavy (non-hydrogen) atoms. The van der Waals surface area contributed by atoms with Crippen molar-refractivity contribution in [1.29, 1.82) is 0 Å². The Kier molecular flexibility index (Phi) is 4.50. The topological polar surface area (TPSA) is 66.5 Å². The monoisotopic (exact) mass is 288 g/mol. The number of hydrogen-bond donors (Lipinski definition) is 1. The molecule has 0 saturated carbocycles. The van der Waals surface area contributed by atoms with E-state index in [1.54, 1.807) is 0 Å². The number of amides is 1. The van der Waals surface area contributed by atoms with Crippen molar-refractivity contribution in [3.63, 3.8) is 0 Å². The van der Waals surface area contributed by atoms with Gasteiger partial charge in [0.1, 0.15) is 9.84 Å². The summed E-state index contributed by atoms with van der Waals surface area (Å²) >= 11 is 0. The second kappa shape index (κ2) is 5.79. The molecular weight excluding hydrogens is 264 g/mol. The van der Waals surface area contributed by atoms with Gasteiger partial charge in [0.15, 0.2) is 0 Å². The number of sulfone groups is 1. The van der Waals surface area contributed by atoms with E-state index in [-0.39, 0.29) is 24.1 Å². The Bertz CT molecular complexity index is 423. The molecule has 2 rings (SSSR count). The quantitative estimate of drug-likeness (QED) is 0.802. The lowest BCUT2D eigenvalue weighted by Gasteiger charge is -2.37. The van der Waals surface area contributed by atoms with Gasteiger partial charge < -0.3 is 10.2 Å². The Labute approximate surface area is 115 Å². The molecule has 2 fully saturated rings. The summed E-state index contributed by atoms with van der Waals surface area (Å²) in [6.45, 7) is 2.65. The fourth-order valence-corrected chi connectivity index (χ4v) is 3.88. The molecule has 1 N–H and O–H groups in total. The van der Waals surface area contributed by atoms with Crippen LogP contribution in [0.5, 0.6) is 0 Å². The predicted molar refractivity (Wildman–Crippen MR) is 74.7 cm³/mol. The van der Waals surface area contributed by atoms with Crippen LogP contribution in [0.25, 0.3) is 0 Å². The van der Waals surface area contributed by atoms with Crippen LogP contribution in [0.3, 0.4) is 0 Å². The standard InChI is InChI=1S/C13H24N2O3S/c1-3-15(13(16)6-7-19(2,17)18)12-8-10-4-5-11(9-12)14-10/h10-12,14H,3-9H2,1-2H3. The summed E-state index contributed by atoms with van der Waals surface area (Å²) in [5.74, 6) is -0.0561. The van der Waals surface area contributed by atoms with Crippen LogP contribution >= 0.6 is 0 Å². The van der Waals surface area contributed by atoms with E-state index in [9.17, 15) is 13.2 Å². The molecule has 2 heterocycles. The largest absolute Gasteiger partial charge is 0.340 e.